The average Bonchev–Trinajstić information content (AvgIpc) is 2.32. The molecule has 0 radical (unpaired) electrons. The summed E-state index contributed by atoms with van der Waals surface area (Å²) in [5, 5.41) is 13.1. The van der Waals surface area contributed by atoms with Gasteiger partial charge in [-0.25, -0.2) is 0 Å². The zero-order valence-electron chi connectivity index (χ0n) is 9.63. The summed E-state index contributed by atoms with van der Waals surface area (Å²) in [7, 11) is 0. The molecule has 1 aliphatic carbocycles. The van der Waals surface area contributed by atoms with E-state index in [0.717, 1.165) is 13.1 Å². The highest BCUT2D eigenvalue weighted by Crippen LogP contribution is 2.44. The van der Waals surface area contributed by atoms with Gasteiger partial charge in [0.2, 0.25) is 0 Å². The number of phenolic OH excluding ortho intramolecular Hbond substituents is 1. The van der Waals surface area contributed by atoms with Gasteiger partial charge in [0.25, 0.3) is 0 Å². The first-order valence-electron chi connectivity index (χ1n) is 6.33. The predicted molar refractivity (Wildman–Crippen MR) is 64.8 cm³/mol. The van der Waals surface area contributed by atoms with Crippen molar-refractivity contribution in [1.29, 1.82) is 0 Å². The lowest BCUT2D eigenvalue weighted by atomic mass is 9.65. The van der Waals surface area contributed by atoms with Gasteiger partial charge in [-0.3, -0.25) is 0 Å². The number of hydrogen-bond donors (Lipinski definition) is 2. The van der Waals surface area contributed by atoms with E-state index >= 15 is 0 Å². The quantitative estimate of drug-likeness (QED) is 0.699. The van der Waals surface area contributed by atoms with E-state index in [1.165, 1.54) is 43.2 Å². The zero-order chi connectivity index (χ0) is 11.0. The molecule has 1 fully saturated rings. The van der Waals surface area contributed by atoms with Crippen molar-refractivity contribution in [2.45, 2.75) is 37.5 Å². The molecule has 2 nitrogen and oxygen atoms in total. The Morgan fingerprint density at radius 2 is 1.94 bits per heavy atom. The summed E-state index contributed by atoms with van der Waals surface area (Å²) in [6.07, 6.45) is 6.24. The highest BCUT2D eigenvalue weighted by molar-refractivity contribution is 5.42. The molecule has 1 aromatic carbocycles. The van der Waals surface area contributed by atoms with Crippen LogP contribution in [0.4, 0.5) is 0 Å². The Bertz CT molecular complexity index is 394. The fourth-order valence-corrected chi connectivity index (χ4v) is 3.45. The number of nitrogens with one attached hydrogen (secondary N) is 1. The van der Waals surface area contributed by atoms with E-state index in [4.69, 9.17) is 0 Å². The summed E-state index contributed by atoms with van der Waals surface area (Å²) in [5.74, 6) is 0.429. The number of hydrogen-bond acceptors (Lipinski definition) is 2. The van der Waals surface area contributed by atoms with E-state index < -0.39 is 0 Å². The van der Waals surface area contributed by atoms with Crippen LogP contribution in [0, 0.1) is 0 Å². The SMILES string of the molecule is Oc1ccc2c(c1)C1(CCC2)CCNCC1. The summed E-state index contributed by atoms with van der Waals surface area (Å²) in [5.41, 5.74) is 3.25. The van der Waals surface area contributed by atoms with Gasteiger partial charge in [0.05, 0.1) is 0 Å². The van der Waals surface area contributed by atoms with E-state index in [0.29, 0.717) is 11.2 Å². The maximum atomic E-state index is 9.69. The Morgan fingerprint density at radius 1 is 1.12 bits per heavy atom. The molecule has 2 N–H and O–H groups in total. The minimum Gasteiger partial charge on any atom is -0.508 e. The fraction of sp³-hybridized carbons (Fsp3) is 0.571. The van der Waals surface area contributed by atoms with E-state index in [1.807, 2.05) is 12.1 Å². The topological polar surface area (TPSA) is 32.3 Å². The molecule has 1 saturated heterocycles. The summed E-state index contributed by atoms with van der Waals surface area (Å²) in [6, 6.07) is 5.96. The van der Waals surface area contributed by atoms with Crippen LogP contribution in [0.2, 0.25) is 0 Å². The summed E-state index contributed by atoms with van der Waals surface area (Å²) in [6.45, 7) is 2.24. The van der Waals surface area contributed by atoms with Crippen LogP contribution in [-0.4, -0.2) is 18.2 Å². The third-order valence-electron chi connectivity index (χ3n) is 4.33. The lowest BCUT2D eigenvalue weighted by molar-refractivity contribution is 0.267. The monoisotopic (exact) mass is 217 g/mol. The van der Waals surface area contributed by atoms with Crippen molar-refractivity contribution >= 4 is 0 Å². The molecule has 0 bridgehead atoms. The molecule has 0 atom stereocenters. The third kappa shape index (κ3) is 1.52. The Hall–Kier alpha value is -1.02. The largest absolute Gasteiger partial charge is 0.508 e. The molecule has 0 saturated carbocycles. The zero-order valence-corrected chi connectivity index (χ0v) is 9.63. The number of aromatic hydroxyl groups is 1. The highest BCUT2D eigenvalue weighted by atomic mass is 16.3. The van der Waals surface area contributed by atoms with Crippen LogP contribution in [0.25, 0.3) is 0 Å². The Kier molecular flexibility index (Phi) is 2.40. The van der Waals surface area contributed by atoms with Gasteiger partial charge in [0.1, 0.15) is 5.75 Å². The molecule has 0 unspecified atom stereocenters. The first-order valence-corrected chi connectivity index (χ1v) is 6.33. The van der Waals surface area contributed by atoms with Gasteiger partial charge in [-0.15, -0.1) is 0 Å². The van der Waals surface area contributed by atoms with Crippen molar-refractivity contribution in [3.63, 3.8) is 0 Å². The summed E-state index contributed by atoms with van der Waals surface area (Å²) >= 11 is 0. The van der Waals surface area contributed by atoms with Crippen molar-refractivity contribution in [3.8, 4) is 5.75 Å². The first kappa shape index (κ1) is 10.2. The van der Waals surface area contributed by atoms with E-state index in [1.54, 1.807) is 0 Å². The van der Waals surface area contributed by atoms with Crippen LogP contribution in [0.1, 0.15) is 36.8 Å². The van der Waals surface area contributed by atoms with Crippen molar-refractivity contribution < 1.29 is 5.11 Å². The second-order valence-corrected chi connectivity index (χ2v) is 5.23. The number of phenols is 1. The van der Waals surface area contributed by atoms with Crippen LogP contribution < -0.4 is 5.32 Å². The maximum absolute atomic E-state index is 9.69. The van der Waals surface area contributed by atoms with Crippen molar-refractivity contribution in [2.75, 3.05) is 13.1 Å². The standard InChI is InChI=1S/C14H19NO/c16-12-4-3-11-2-1-5-14(13(11)10-12)6-8-15-9-7-14/h3-4,10,15-16H,1-2,5-9H2. The average molecular weight is 217 g/mol. The van der Waals surface area contributed by atoms with Gasteiger partial charge < -0.3 is 10.4 Å². The Balaban J connectivity index is 2.06. The Labute approximate surface area is 96.7 Å². The van der Waals surface area contributed by atoms with Crippen LogP contribution >= 0.6 is 0 Å². The Morgan fingerprint density at radius 3 is 2.75 bits per heavy atom. The lowest BCUT2D eigenvalue weighted by Crippen LogP contribution is -2.41. The van der Waals surface area contributed by atoms with E-state index in [9.17, 15) is 5.11 Å². The molecule has 3 rings (SSSR count). The van der Waals surface area contributed by atoms with E-state index in [-0.39, 0.29) is 0 Å². The minimum atomic E-state index is 0.359. The van der Waals surface area contributed by atoms with Crippen LogP contribution in [0.5, 0.6) is 5.75 Å². The normalized spacial score (nSPS) is 23.0. The molecule has 2 aliphatic rings. The molecule has 1 aliphatic heterocycles. The molecule has 86 valence electrons. The molecule has 1 aromatic rings. The lowest BCUT2D eigenvalue weighted by Gasteiger charge is -2.42. The van der Waals surface area contributed by atoms with Gasteiger partial charge in [0, 0.05) is 0 Å². The molecule has 2 heteroatoms. The van der Waals surface area contributed by atoms with Crippen molar-refractivity contribution in [2.24, 2.45) is 0 Å². The molecule has 16 heavy (non-hydrogen) atoms. The predicted octanol–water partition coefficient (Wildman–Crippen LogP) is 2.35. The number of piperidine rings is 1. The number of benzene rings is 1. The maximum Gasteiger partial charge on any atom is 0.115 e. The smallest absolute Gasteiger partial charge is 0.115 e. The van der Waals surface area contributed by atoms with Gasteiger partial charge in [-0.05, 0) is 73.9 Å². The molecule has 0 amide bonds. The number of aryl methyl sites for hydroxylation is 1. The molecule has 0 aromatic heterocycles. The van der Waals surface area contributed by atoms with Gasteiger partial charge in [0.15, 0.2) is 0 Å². The van der Waals surface area contributed by atoms with Crippen LogP contribution in [0.15, 0.2) is 18.2 Å². The van der Waals surface area contributed by atoms with Gasteiger partial charge in [-0.1, -0.05) is 6.07 Å². The number of fused-ring (bicyclic) bond motifs is 2. The van der Waals surface area contributed by atoms with Gasteiger partial charge >= 0.3 is 0 Å². The number of rotatable bonds is 0. The summed E-state index contributed by atoms with van der Waals surface area (Å²) < 4.78 is 0. The van der Waals surface area contributed by atoms with Crippen molar-refractivity contribution in [3.05, 3.63) is 29.3 Å². The first-order chi connectivity index (χ1) is 7.80. The van der Waals surface area contributed by atoms with Crippen molar-refractivity contribution in [1.82, 2.24) is 5.32 Å². The van der Waals surface area contributed by atoms with Crippen LogP contribution in [-0.2, 0) is 11.8 Å². The fourth-order valence-electron chi connectivity index (χ4n) is 3.45. The molecule has 1 heterocycles. The van der Waals surface area contributed by atoms with Gasteiger partial charge in [-0.2, -0.15) is 0 Å². The molecular formula is C14H19NO. The third-order valence-corrected chi connectivity index (χ3v) is 4.33. The minimum absolute atomic E-state index is 0.359. The van der Waals surface area contributed by atoms with E-state index in [2.05, 4.69) is 11.4 Å². The summed E-state index contributed by atoms with van der Waals surface area (Å²) in [4.78, 5) is 0. The highest BCUT2D eigenvalue weighted by Gasteiger charge is 2.37. The molecular weight excluding hydrogens is 198 g/mol. The molecule has 1 spiro atoms. The second kappa shape index (κ2) is 3.77. The second-order valence-electron chi connectivity index (χ2n) is 5.23. The van der Waals surface area contributed by atoms with Crippen LogP contribution in [0.3, 0.4) is 0 Å².